The zero-order valence-corrected chi connectivity index (χ0v) is 11.6. The minimum absolute atomic E-state index is 0.0456. The summed E-state index contributed by atoms with van der Waals surface area (Å²) in [5.41, 5.74) is 5.29. The van der Waals surface area contributed by atoms with Crippen molar-refractivity contribution in [2.24, 2.45) is 0 Å². The molecule has 104 valence electrons. The summed E-state index contributed by atoms with van der Waals surface area (Å²) in [5.74, 6) is -0.107. The molecule has 0 unspecified atom stereocenters. The van der Waals surface area contributed by atoms with Crippen LogP contribution in [-0.4, -0.2) is 21.7 Å². The smallest absolute Gasteiger partial charge is 0.157 e. The van der Waals surface area contributed by atoms with Crippen LogP contribution in [0, 0.1) is 6.92 Å². The molecule has 0 saturated heterocycles. The van der Waals surface area contributed by atoms with Crippen molar-refractivity contribution < 1.29 is 10.2 Å². The van der Waals surface area contributed by atoms with Crippen molar-refractivity contribution in [3.05, 3.63) is 58.7 Å². The maximum Gasteiger partial charge on any atom is 0.157 e. The second-order valence-corrected chi connectivity index (χ2v) is 5.50. The van der Waals surface area contributed by atoms with Crippen LogP contribution in [0.4, 0.5) is 0 Å². The van der Waals surface area contributed by atoms with Crippen molar-refractivity contribution in [3.8, 4) is 11.5 Å². The second-order valence-electron chi connectivity index (χ2n) is 5.50. The number of aryl methyl sites for hydroxylation is 1. The lowest BCUT2D eigenvalue weighted by Gasteiger charge is -2.29. The van der Waals surface area contributed by atoms with Crippen LogP contribution in [0.15, 0.2) is 36.4 Å². The van der Waals surface area contributed by atoms with E-state index in [1.807, 2.05) is 6.07 Å². The lowest BCUT2D eigenvalue weighted by atomic mass is 9.95. The van der Waals surface area contributed by atoms with Gasteiger partial charge in [0.15, 0.2) is 11.5 Å². The summed E-state index contributed by atoms with van der Waals surface area (Å²) in [4.78, 5) is 2.37. The normalized spacial score (nSPS) is 15.1. The average molecular weight is 269 g/mol. The Morgan fingerprint density at radius 3 is 2.75 bits per heavy atom. The Bertz CT molecular complexity index is 637. The van der Waals surface area contributed by atoms with Gasteiger partial charge in [0.2, 0.25) is 0 Å². The van der Waals surface area contributed by atoms with Gasteiger partial charge in [0, 0.05) is 19.6 Å². The standard InChI is InChI=1S/C17H19NO2/c1-12-3-2-4-14-11-18(8-7-15(12)14)10-13-5-6-16(19)17(20)9-13/h2-6,9,19-20H,7-8,10-11H2,1H3. The van der Waals surface area contributed by atoms with Crippen LogP contribution in [0.25, 0.3) is 0 Å². The van der Waals surface area contributed by atoms with Crippen LogP contribution in [0.5, 0.6) is 11.5 Å². The summed E-state index contributed by atoms with van der Waals surface area (Å²) in [6, 6.07) is 11.5. The molecule has 2 aromatic rings. The first-order chi connectivity index (χ1) is 9.63. The highest BCUT2D eigenvalue weighted by Gasteiger charge is 2.17. The van der Waals surface area contributed by atoms with Crippen molar-refractivity contribution in [2.45, 2.75) is 26.4 Å². The van der Waals surface area contributed by atoms with E-state index in [2.05, 4.69) is 30.0 Å². The minimum atomic E-state index is -0.0617. The topological polar surface area (TPSA) is 43.7 Å². The molecular formula is C17H19NO2. The average Bonchev–Trinajstić information content (AvgIpc) is 2.43. The molecule has 0 spiro atoms. The molecule has 0 saturated carbocycles. The SMILES string of the molecule is Cc1cccc2c1CCN(Cc1ccc(O)c(O)c1)C2. The lowest BCUT2D eigenvalue weighted by Crippen LogP contribution is -2.30. The van der Waals surface area contributed by atoms with E-state index in [9.17, 15) is 10.2 Å². The zero-order valence-electron chi connectivity index (χ0n) is 11.6. The Hall–Kier alpha value is -2.00. The molecule has 3 heteroatoms. The molecule has 1 aliphatic rings. The summed E-state index contributed by atoms with van der Waals surface area (Å²) < 4.78 is 0. The molecule has 0 amide bonds. The molecule has 0 atom stereocenters. The fourth-order valence-corrected chi connectivity index (χ4v) is 2.92. The van der Waals surface area contributed by atoms with Gasteiger partial charge in [0.25, 0.3) is 0 Å². The van der Waals surface area contributed by atoms with Crippen molar-refractivity contribution in [1.29, 1.82) is 0 Å². The summed E-state index contributed by atoms with van der Waals surface area (Å²) in [5, 5.41) is 18.9. The van der Waals surface area contributed by atoms with Gasteiger partial charge in [0.05, 0.1) is 0 Å². The van der Waals surface area contributed by atoms with Crippen molar-refractivity contribution in [3.63, 3.8) is 0 Å². The summed E-state index contributed by atoms with van der Waals surface area (Å²) in [6.07, 6.45) is 1.08. The number of phenols is 2. The lowest BCUT2D eigenvalue weighted by molar-refractivity contribution is 0.245. The number of rotatable bonds is 2. The highest BCUT2D eigenvalue weighted by molar-refractivity contribution is 5.41. The van der Waals surface area contributed by atoms with Gasteiger partial charge in [-0.05, 0) is 47.7 Å². The number of fused-ring (bicyclic) bond motifs is 1. The molecule has 3 nitrogen and oxygen atoms in total. The van der Waals surface area contributed by atoms with Crippen molar-refractivity contribution >= 4 is 0 Å². The third kappa shape index (κ3) is 2.49. The molecule has 1 heterocycles. The van der Waals surface area contributed by atoms with Crippen LogP contribution < -0.4 is 0 Å². The molecule has 0 bridgehead atoms. The number of hydrogen-bond acceptors (Lipinski definition) is 3. The summed E-state index contributed by atoms with van der Waals surface area (Å²) in [6.45, 7) is 4.94. The third-order valence-electron chi connectivity index (χ3n) is 4.03. The Labute approximate surface area is 119 Å². The van der Waals surface area contributed by atoms with Gasteiger partial charge in [-0.2, -0.15) is 0 Å². The number of nitrogens with zero attached hydrogens (tertiary/aromatic N) is 1. The highest BCUT2D eigenvalue weighted by atomic mass is 16.3. The molecular weight excluding hydrogens is 250 g/mol. The highest BCUT2D eigenvalue weighted by Crippen LogP contribution is 2.27. The number of aromatic hydroxyl groups is 2. The van der Waals surface area contributed by atoms with Gasteiger partial charge in [-0.1, -0.05) is 24.3 Å². The Balaban J connectivity index is 1.76. The third-order valence-corrected chi connectivity index (χ3v) is 4.03. The van der Waals surface area contributed by atoms with Gasteiger partial charge in [-0.25, -0.2) is 0 Å². The molecule has 2 aromatic carbocycles. The first-order valence-electron chi connectivity index (χ1n) is 6.94. The molecule has 0 aromatic heterocycles. The first-order valence-corrected chi connectivity index (χ1v) is 6.94. The fourth-order valence-electron chi connectivity index (χ4n) is 2.92. The maximum atomic E-state index is 9.56. The molecule has 20 heavy (non-hydrogen) atoms. The van der Waals surface area contributed by atoms with Gasteiger partial charge < -0.3 is 10.2 Å². The van der Waals surface area contributed by atoms with Gasteiger partial charge in [-0.3, -0.25) is 4.90 Å². The Morgan fingerprint density at radius 1 is 1.10 bits per heavy atom. The fraction of sp³-hybridized carbons (Fsp3) is 0.294. The number of phenolic OH excluding ortho intramolecular Hbond substituents is 2. The Kier molecular flexibility index (Phi) is 3.36. The van der Waals surface area contributed by atoms with E-state index in [4.69, 9.17) is 0 Å². The molecule has 0 radical (unpaired) electrons. The predicted octanol–water partition coefficient (Wildman–Crippen LogP) is 2.96. The quantitative estimate of drug-likeness (QED) is 0.824. The van der Waals surface area contributed by atoms with E-state index in [1.54, 1.807) is 12.1 Å². The van der Waals surface area contributed by atoms with Crippen LogP contribution >= 0.6 is 0 Å². The van der Waals surface area contributed by atoms with E-state index >= 15 is 0 Å². The van der Waals surface area contributed by atoms with E-state index in [0.29, 0.717) is 0 Å². The molecule has 0 aliphatic carbocycles. The van der Waals surface area contributed by atoms with Crippen molar-refractivity contribution in [1.82, 2.24) is 4.90 Å². The van der Waals surface area contributed by atoms with E-state index in [0.717, 1.165) is 31.6 Å². The maximum absolute atomic E-state index is 9.56. The molecule has 2 N–H and O–H groups in total. The van der Waals surface area contributed by atoms with Crippen LogP contribution in [0.3, 0.4) is 0 Å². The van der Waals surface area contributed by atoms with E-state index in [1.165, 1.54) is 16.7 Å². The van der Waals surface area contributed by atoms with Gasteiger partial charge >= 0.3 is 0 Å². The zero-order chi connectivity index (χ0) is 14.1. The van der Waals surface area contributed by atoms with E-state index < -0.39 is 0 Å². The molecule has 3 rings (SSSR count). The van der Waals surface area contributed by atoms with Gasteiger partial charge in [0.1, 0.15) is 0 Å². The first kappa shape index (κ1) is 13.0. The number of benzene rings is 2. The number of hydrogen-bond donors (Lipinski definition) is 2. The summed E-state index contributed by atoms with van der Waals surface area (Å²) in [7, 11) is 0. The molecule has 0 fully saturated rings. The largest absolute Gasteiger partial charge is 0.504 e. The van der Waals surface area contributed by atoms with E-state index in [-0.39, 0.29) is 11.5 Å². The van der Waals surface area contributed by atoms with Crippen LogP contribution in [0.2, 0.25) is 0 Å². The second kappa shape index (κ2) is 5.17. The minimum Gasteiger partial charge on any atom is -0.504 e. The van der Waals surface area contributed by atoms with Crippen molar-refractivity contribution in [2.75, 3.05) is 6.54 Å². The van der Waals surface area contributed by atoms with Gasteiger partial charge in [-0.15, -0.1) is 0 Å². The Morgan fingerprint density at radius 2 is 1.95 bits per heavy atom. The monoisotopic (exact) mass is 269 g/mol. The predicted molar refractivity (Wildman–Crippen MR) is 78.8 cm³/mol. The molecule has 1 aliphatic heterocycles. The summed E-state index contributed by atoms with van der Waals surface area (Å²) >= 11 is 0. The van der Waals surface area contributed by atoms with Crippen LogP contribution in [-0.2, 0) is 19.5 Å². The van der Waals surface area contributed by atoms with Crippen LogP contribution in [0.1, 0.15) is 22.3 Å².